The fourth-order valence-electron chi connectivity index (χ4n) is 1.09. The summed E-state index contributed by atoms with van der Waals surface area (Å²) >= 11 is 2.32. The Kier molecular flexibility index (Phi) is 9.83. The van der Waals surface area contributed by atoms with Crippen molar-refractivity contribution in [3.63, 3.8) is 0 Å². The fourth-order valence-corrected chi connectivity index (χ4v) is 1.47. The van der Waals surface area contributed by atoms with E-state index in [1.807, 2.05) is 32.0 Å². The maximum atomic E-state index is 2.32. The fraction of sp³-hybridized carbons (Fsp3) is 0.250. The van der Waals surface area contributed by atoms with Crippen LogP contribution in [-0.4, -0.2) is 0 Å². The number of halogens is 1. The molecule has 0 saturated carbocycles. The van der Waals surface area contributed by atoms with E-state index in [9.17, 15) is 0 Å². The molecule has 0 fully saturated rings. The number of hydrogen-bond acceptors (Lipinski definition) is 0. The minimum atomic E-state index is 1.32. The van der Waals surface area contributed by atoms with Gasteiger partial charge in [0.15, 0.2) is 0 Å². The molecule has 2 rings (SSSR count). The van der Waals surface area contributed by atoms with Gasteiger partial charge < -0.3 is 0 Å². The standard InChI is InChI=1S/C7H7I.C7H8.C2H6/c1-6-4-2-3-5-7(6)8;1-7-5-3-2-4-6-7;1-2/h2-5H,1H3;2-6H,1H3;1-2H3. The van der Waals surface area contributed by atoms with Crippen molar-refractivity contribution in [2.45, 2.75) is 27.7 Å². The van der Waals surface area contributed by atoms with E-state index in [2.05, 4.69) is 72.8 Å². The molecule has 0 spiro atoms. The molecule has 0 aliphatic carbocycles. The van der Waals surface area contributed by atoms with Crippen LogP contribution < -0.4 is 0 Å². The van der Waals surface area contributed by atoms with Crippen LogP contribution in [0.1, 0.15) is 25.0 Å². The van der Waals surface area contributed by atoms with Gasteiger partial charge in [0, 0.05) is 3.57 Å². The molecule has 2 aromatic rings. The van der Waals surface area contributed by atoms with Gasteiger partial charge in [-0.1, -0.05) is 67.9 Å². The molecule has 92 valence electrons. The van der Waals surface area contributed by atoms with Gasteiger partial charge in [0.25, 0.3) is 0 Å². The molecule has 0 aliphatic heterocycles. The summed E-state index contributed by atoms with van der Waals surface area (Å²) in [5.74, 6) is 0. The maximum absolute atomic E-state index is 2.32. The zero-order chi connectivity index (χ0) is 13.1. The Morgan fingerprint density at radius 3 is 1.47 bits per heavy atom. The summed E-state index contributed by atoms with van der Waals surface area (Å²) in [7, 11) is 0. The van der Waals surface area contributed by atoms with Crippen molar-refractivity contribution in [3.8, 4) is 0 Å². The molecule has 2 aromatic carbocycles. The Balaban J connectivity index is 0.000000265. The zero-order valence-corrected chi connectivity index (χ0v) is 13.2. The summed E-state index contributed by atoms with van der Waals surface area (Å²) in [5, 5.41) is 0. The van der Waals surface area contributed by atoms with Crippen LogP contribution in [0.15, 0.2) is 54.6 Å². The molecule has 0 bridgehead atoms. The van der Waals surface area contributed by atoms with E-state index in [0.29, 0.717) is 0 Å². The molecule has 0 atom stereocenters. The zero-order valence-electron chi connectivity index (χ0n) is 11.1. The van der Waals surface area contributed by atoms with Crippen LogP contribution >= 0.6 is 22.6 Å². The van der Waals surface area contributed by atoms with Crippen LogP contribution in [0.3, 0.4) is 0 Å². The van der Waals surface area contributed by atoms with E-state index in [1.165, 1.54) is 14.7 Å². The van der Waals surface area contributed by atoms with E-state index >= 15 is 0 Å². The van der Waals surface area contributed by atoms with E-state index < -0.39 is 0 Å². The molecule has 17 heavy (non-hydrogen) atoms. The lowest BCUT2D eigenvalue weighted by molar-refractivity contribution is 1.43. The van der Waals surface area contributed by atoms with Crippen molar-refractivity contribution in [2.24, 2.45) is 0 Å². The highest BCUT2D eigenvalue weighted by atomic mass is 127. The average molecular weight is 340 g/mol. The molecule has 1 heteroatoms. The number of aryl methyl sites for hydroxylation is 2. The van der Waals surface area contributed by atoms with Crippen molar-refractivity contribution in [3.05, 3.63) is 69.3 Å². The molecule has 0 nitrogen and oxygen atoms in total. The second-order valence-corrected chi connectivity index (χ2v) is 4.57. The van der Waals surface area contributed by atoms with Crippen molar-refractivity contribution < 1.29 is 0 Å². The first-order chi connectivity index (χ1) is 8.20. The Labute approximate surface area is 119 Å². The van der Waals surface area contributed by atoms with Crippen LogP contribution in [0.2, 0.25) is 0 Å². The third kappa shape index (κ3) is 7.97. The normalized spacial score (nSPS) is 8.29. The van der Waals surface area contributed by atoms with Crippen LogP contribution in [0.4, 0.5) is 0 Å². The molecule has 0 aliphatic rings. The van der Waals surface area contributed by atoms with Crippen LogP contribution in [0.5, 0.6) is 0 Å². The van der Waals surface area contributed by atoms with Gasteiger partial charge in [-0.2, -0.15) is 0 Å². The van der Waals surface area contributed by atoms with Gasteiger partial charge in [-0.3, -0.25) is 0 Å². The van der Waals surface area contributed by atoms with Crippen molar-refractivity contribution in [1.29, 1.82) is 0 Å². The Hall–Kier alpha value is -0.830. The first-order valence-electron chi connectivity index (χ1n) is 5.93. The van der Waals surface area contributed by atoms with Gasteiger partial charge >= 0.3 is 0 Å². The monoisotopic (exact) mass is 340 g/mol. The van der Waals surface area contributed by atoms with E-state index in [0.717, 1.165) is 0 Å². The highest BCUT2D eigenvalue weighted by molar-refractivity contribution is 14.1. The molecule has 0 radical (unpaired) electrons. The lowest BCUT2D eigenvalue weighted by Crippen LogP contribution is -1.74. The molecule has 0 unspecified atom stereocenters. The molecule has 0 heterocycles. The third-order valence-electron chi connectivity index (χ3n) is 2.02. The predicted molar refractivity (Wildman–Crippen MR) is 86.4 cm³/mol. The SMILES string of the molecule is CC.Cc1ccccc1.Cc1ccccc1I. The van der Waals surface area contributed by atoms with Gasteiger partial charge in [0.1, 0.15) is 0 Å². The van der Waals surface area contributed by atoms with E-state index in [-0.39, 0.29) is 0 Å². The lowest BCUT2D eigenvalue weighted by atomic mass is 10.2. The summed E-state index contributed by atoms with van der Waals surface area (Å²) in [6.07, 6.45) is 0. The summed E-state index contributed by atoms with van der Waals surface area (Å²) in [6, 6.07) is 18.6. The maximum Gasteiger partial charge on any atom is 0.0159 e. The van der Waals surface area contributed by atoms with Gasteiger partial charge in [-0.15, -0.1) is 0 Å². The highest BCUT2D eigenvalue weighted by Gasteiger charge is 1.85. The quantitative estimate of drug-likeness (QED) is 0.546. The van der Waals surface area contributed by atoms with Crippen LogP contribution in [0, 0.1) is 17.4 Å². The minimum absolute atomic E-state index is 1.32. The molecular weight excluding hydrogens is 319 g/mol. The van der Waals surface area contributed by atoms with Crippen LogP contribution in [-0.2, 0) is 0 Å². The Morgan fingerprint density at radius 1 is 0.706 bits per heavy atom. The topological polar surface area (TPSA) is 0 Å². The minimum Gasteiger partial charge on any atom is -0.0683 e. The third-order valence-corrected chi connectivity index (χ3v) is 3.23. The largest absolute Gasteiger partial charge is 0.0683 e. The smallest absolute Gasteiger partial charge is 0.0159 e. The van der Waals surface area contributed by atoms with Gasteiger partial charge in [-0.25, -0.2) is 0 Å². The first kappa shape index (κ1) is 16.2. The van der Waals surface area contributed by atoms with Crippen molar-refractivity contribution >= 4 is 22.6 Å². The number of rotatable bonds is 0. The van der Waals surface area contributed by atoms with Gasteiger partial charge in [0.05, 0.1) is 0 Å². The lowest BCUT2D eigenvalue weighted by Gasteiger charge is -1.91. The van der Waals surface area contributed by atoms with Crippen LogP contribution in [0.25, 0.3) is 0 Å². The van der Waals surface area contributed by atoms with Gasteiger partial charge in [-0.05, 0) is 48.1 Å². The summed E-state index contributed by atoms with van der Waals surface area (Å²) in [5.41, 5.74) is 2.68. The van der Waals surface area contributed by atoms with Gasteiger partial charge in [0.2, 0.25) is 0 Å². The number of hydrogen-bond donors (Lipinski definition) is 0. The predicted octanol–water partition coefficient (Wildman–Crippen LogP) is 5.62. The second-order valence-electron chi connectivity index (χ2n) is 3.40. The summed E-state index contributed by atoms with van der Waals surface area (Å²) in [6.45, 7) is 8.20. The molecule has 0 N–H and O–H groups in total. The van der Waals surface area contributed by atoms with E-state index in [4.69, 9.17) is 0 Å². The summed E-state index contributed by atoms with van der Waals surface area (Å²) < 4.78 is 1.34. The Morgan fingerprint density at radius 2 is 1.18 bits per heavy atom. The second kappa shape index (κ2) is 10.3. The first-order valence-corrected chi connectivity index (χ1v) is 7.01. The molecular formula is C16H21I. The Bertz CT molecular complexity index is 372. The molecule has 0 saturated heterocycles. The van der Waals surface area contributed by atoms with E-state index in [1.54, 1.807) is 0 Å². The molecule has 0 amide bonds. The van der Waals surface area contributed by atoms with Crippen molar-refractivity contribution in [1.82, 2.24) is 0 Å². The van der Waals surface area contributed by atoms with Crippen molar-refractivity contribution in [2.75, 3.05) is 0 Å². The molecule has 0 aromatic heterocycles. The average Bonchev–Trinajstić information content (AvgIpc) is 2.37. The number of benzene rings is 2. The summed E-state index contributed by atoms with van der Waals surface area (Å²) in [4.78, 5) is 0. The highest BCUT2D eigenvalue weighted by Crippen LogP contribution is 2.08.